The van der Waals surface area contributed by atoms with Crippen molar-refractivity contribution in [3.63, 3.8) is 0 Å². The third-order valence-electron chi connectivity index (χ3n) is 8.00. The largest absolute Gasteiger partial charge is 0.459 e. The topological polar surface area (TPSA) is 26.0 Å². The van der Waals surface area contributed by atoms with E-state index < -0.39 is 0 Å². The molecule has 3 heterocycles. The highest BCUT2D eigenvalue weighted by Crippen LogP contribution is 2.41. The fourth-order valence-electron chi connectivity index (χ4n) is 5.83. The van der Waals surface area contributed by atoms with E-state index in [-0.39, 0.29) is 5.41 Å². The fraction of sp³-hybridized carbons (Fsp3) is 0.306. The zero-order valence-corrected chi connectivity index (χ0v) is 25.1. The van der Waals surface area contributed by atoms with Crippen molar-refractivity contribution in [2.75, 3.05) is 0 Å². The minimum atomic E-state index is 0.0143. The van der Waals surface area contributed by atoms with Gasteiger partial charge in [-0.3, -0.25) is 0 Å². The van der Waals surface area contributed by atoms with Gasteiger partial charge in [0, 0.05) is 26.3 Å². The molecule has 0 bridgehead atoms. The Morgan fingerprint density at radius 3 is 2.38 bits per heavy atom. The number of benzene rings is 3. The van der Waals surface area contributed by atoms with E-state index in [0.717, 1.165) is 45.7 Å². The number of furan rings is 1. The number of pyridine rings is 1. The second kappa shape index (κ2) is 9.34. The molecule has 6 rings (SSSR count). The van der Waals surface area contributed by atoms with Crippen molar-refractivity contribution in [3.05, 3.63) is 88.0 Å². The lowest BCUT2D eigenvalue weighted by Crippen LogP contribution is -2.12. The predicted molar refractivity (Wildman–Crippen MR) is 169 cm³/mol. The van der Waals surface area contributed by atoms with Crippen LogP contribution >= 0.6 is 11.3 Å². The van der Waals surface area contributed by atoms with Gasteiger partial charge in [0.25, 0.3) is 0 Å². The number of aryl methyl sites for hydroxylation is 3. The summed E-state index contributed by atoms with van der Waals surface area (Å²) in [4.78, 5) is 6.63. The summed E-state index contributed by atoms with van der Waals surface area (Å²) in [6, 6.07) is 22.5. The molecule has 3 aromatic heterocycles. The van der Waals surface area contributed by atoms with Gasteiger partial charge >= 0.3 is 0 Å². The smallest absolute Gasteiger partial charge is 0.160 e. The van der Waals surface area contributed by atoms with Crippen LogP contribution in [0.1, 0.15) is 61.9 Å². The minimum Gasteiger partial charge on any atom is -0.459 e. The zero-order chi connectivity index (χ0) is 27.6. The third-order valence-corrected chi connectivity index (χ3v) is 9.11. The summed E-state index contributed by atoms with van der Waals surface area (Å²) >= 11 is 1.90. The molecule has 0 radical (unpaired) electrons. The summed E-state index contributed by atoms with van der Waals surface area (Å²) < 4.78 is 7.70. The van der Waals surface area contributed by atoms with E-state index >= 15 is 0 Å². The molecule has 2 nitrogen and oxygen atoms in total. The van der Waals surface area contributed by atoms with Crippen molar-refractivity contribution in [2.45, 2.75) is 67.2 Å². The fourth-order valence-corrected chi connectivity index (χ4v) is 6.96. The normalized spacial score (nSPS) is 12.4. The Morgan fingerprint density at radius 1 is 0.872 bits per heavy atom. The van der Waals surface area contributed by atoms with Crippen molar-refractivity contribution in [1.29, 1.82) is 0 Å². The Labute approximate surface area is 235 Å². The van der Waals surface area contributed by atoms with Crippen LogP contribution in [0.5, 0.6) is 0 Å². The second-order valence-corrected chi connectivity index (χ2v) is 13.7. The predicted octanol–water partition coefficient (Wildman–Crippen LogP) is 11.0. The van der Waals surface area contributed by atoms with Crippen LogP contribution in [0.2, 0.25) is 0 Å². The van der Waals surface area contributed by atoms with Gasteiger partial charge in [-0.25, -0.2) is 4.98 Å². The summed E-state index contributed by atoms with van der Waals surface area (Å²) in [5.74, 6) is 1.56. The van der Waals surface area contributed by atoms with Crippen LogP contribution in [-0.2, 0) is 11.8 Å². The lowest BCUT2D eigenvalue weighted by atomic mass is 9.82. The van der Waals surface area contributed by atoms with E-state index in [1.807, 2.05) is 18.3 Å². The maximum absolute atomic E-state index is 6.36. The van der Waals surface area contributed by atoms with Crippen LogP contribution in [0.3, 0.4) is 0 Å². The number of fused-ring (bicyclic) bond motifs is 3. The first kappa shape index (κ1) is 25.8. The maximum Gasteiger partial charge on any atom is 0.160 e. The van der Waals surface area contributed by atoms with Crippen LogP contribution in [-0.4, -0.2) is 4.98 Å². The van der Waals surface area contributed by atoms with Crippen LogP contribution in [0.25, 0.3) is 54.3 Å². The van der Waals surface area contributed by atoms with Gasteiger partial charge in [-0.1, -0.05) is 71.0 Å². The molecular formula is C36H37NOS. The van der Waals surface area contributed by atoms with Gasteiger partial charge in [0.2, 0.25) is 0 Å². The standard InChI is InChI=1S/C36H37NOS/c1-20(2)15-29-23(5)39-33-18-25(13-14-28(29)33)30-19-32(37-34-21(3)22(4)38-35(30)34)26-16-24-11-9-10-12-27(24)31(17-26)36(6,7)8/h9-14,16-20H,15H2,1-8H3. The van der Waals surface area contributed by atoms with Crippen LogP contribution in [0.4, 0.5) is 0 Å². The third kappa shape index (κ3) is 4.47. The van der Waals surface area contributed by atoms with Gasteiger partial charge in [0.05, 0.1) is 5.69 Å². The van der Waals surface area contributed by atoms with Gasteiger partial charge in [0.1, 0.15) is 11.3 Å². The number of hydrogen-bond acceptors (Lipinski definition) is 3. The molecule has 0 unspecified atom stereocenters. The van der Waals surface area contributed by atoms with E-state index in [4.69, 9.17) is 9.40 Å². The Hall–Kier alpha value is -3.43. The number of hydrogen-bond donors (Lipinski definition) is 0. The SMILES string of the molecule is Cc1oc2c(-c3ccc4c(CC(C)C)c(C)sc4c3)cc(-c3cc(C(C)(C)C)c4ccccc4c3)nc2c1C. The Balaban J connectivity index is 1.60. The molecule has 0 aliphatic carbocycles. The van der Waals surface area contributed by atoms with E-state index in [1.165, 1.54) is 42.4 Å². The lowest BCUT2D eigenvalue weighted by molar-refractivity contribution is 0.575. The molecule has 0 fully saturated rings. The monoisotopic (exact) mass is 531 g/mol. The van der Waals surface area contributed by atoms with Gasteiger partial charge in [-0.2, -0.15) is 0 Å². The van der Waals surface area contributed by atoms with E-state index in [9.17, 15) is 0 Å². The summed E-state index contributed by atoms with van der Waals surface area (Å²) in [6.45, 7) is 17.9. The zero-order valence-electron chi connectivity index (χ0n) is 24.3. The first-order chi connectivity index (χ1) is 18.5. The number of thiophene rings is 1. The van der Waals surface area contributed by atoms with Gasteiger partial charge < -0.3 is 4.42 Å². The molecule has 0 aliphatic heterocycles. The quantitative estimate of drug-likeness (QED) is 0.226. The Bertz CT molecular complexity index is 1880. The van der Waals surface area contributed by atoms with Crippen molar-refractivity contribution < 1.29 is 4.42 Å². The minimum absolute atomic E-state index is 0.0143. The summed E-state index contributed by atoms with van der Waals surface area (Å²) in [6.07, 6.45) is 1.11. The molecule has 0 atom stereocenters. The Kier molecular flexibility index (Phi) is 6.19. The number of nitrogens with zero attached hydrogens (tertiary/aromatic N) is 1. The van der Waals surface area contributed by atoms with Crippen LogP contribution in [0.15, 0.2) is 65.1 Å². The van der Waals surface area contributed by atoms with Gasteiger partial charge in [-0.15, -0.1) is 11.3 Å². The highest BCUT2D eigenvalue weighted by molar-refractivity contribution is 7.19. The second-order valence-electron chi connectivity index (χ2n) is 12.5. The lowest BCUT2D eigenvalue weighted by Gasteiger charge is -2.23. The summed E-state index contributed by atoms with van der Waals surface area (Å²) in [5.41, 5.74) is 10.2. The molecular weight excluding hydrogens is 494 g/mol. The molecule has 0 saturated heterocycles. The van der Waals surface area contributed by atoms with Gasteiger partial charge in [-0.05, 0) is 95.6 Å². The molecule has 0 spiro atoms. The average Bonchev–Trinajstić information content (AvgIpc) is 3.36. The molecule has 3 heteroatoms. The number of rotatable bonds is 4. The van der Waals surface area contributed by atoms with E-state index in [1.54, 1.807) is 0 Å². The summed E-state index contributed by atoms with van der Waals surface area (Å²) in [5, 5.41) is 3.94. The molecule has 0 amide bonds. The Morgan fingerprint density at radius 2 is 1.64 bits per heavy atom. The summed E-state index contributed by atoms with van der Waals surface area (Å²) in [7, 11) is 0. The van der Waals surface area contributed by atoms with E-state index in [2.05, 4.69) is 109 Å². The molecule has 198 valence electrons. The molecule has 0 N–H and O–H groups in total. The molecule has 39 heavy (non-hydrogen) atoms. The van der Waals surface area contributed by atoms with Crippen molar-refractivity contribution in [1.82, 2.24) is 4.98 Å². The van der Waals surface area contributed by atoms with Crippen molar-refractivity contribution >= 4 is 43.3 Å². The maximum atomic E-state index is 6.36. The number of aromatic nitrogens is 1. The first-order valence-corrected chi connectivity index (χ1v) is 14.8. The van der Waals surface area contributed by atoms with Crippen molar-refractivity contribution in [2.24, 2.45) is 5.92 Å². The van der Waals surface area contributed by atoms with Crippen LogP contribution < -0.4 is 0 Å². The average molecular weight is 532 g/mol. The molecule has 0 aliphatic rings. The molecule has 0 saturated carbocycles. The van der Waals surface area contributed by atoms with Crippen molar-refractivity contribution in [3.8, 4) is 22.4 Å². The molecule has 3 aromatic carbocycles. The van der Waals surface area contributed by atoms with E-state index in [0.29, 0.717) is 5.92 Å². The highest BCUT2D eigenvalue weighted by Gasteiger charge is 2.21. The first-order valence-electron chi connectivity index (χ1n) is 14.0. The van der Waals surface area contributed by atoms with Gasteiger partial charge in [0.15, 0.2) is 5.58 Å². The molecule has 6 aromatic rings. The highest BCUT2D eigenvalue weighted by atomic mass is 32.1. The van der Waals surface area contributed by atoms with Crippen LogP contribution in [0, 0.1) is 26.7 Å².